The Kier molecular flexibility index (Phi) is 5.34. The van der Waals surface area contributed by atoms with Crippen LogP contribution >= 0.6 is 0 Å². The van der Waals surface area contributed by atoms with Crippen molar-refractivity contribution in [2.24, 2.45) is 4.99 Å². The number of oxazole rings is 1. The number of rotatable bonds is 6. The molecule has 7 heteroatoms. The van der Waals surface area contributed by atoms with Gasteiger partial charge in [0.2, 0.25) is 5.89 Å². The second-order valence-corrected chi connectivity index (χ2v) is 6.35. The largest absolute Gasteiger partial charge is 0.497 e. The van der Waals surface area contributed by atoms with E-state index in [0.717, 1.165) is 22.5 Å². The Labute approximate surface area is 172 Å². The number of aliphatic imine (C=N–C) groups is 1. The smallest absolute Gasteiger partial charge is 0.276 e. The first-order valence-corrected chi connectivity index (χ1v) is 9.13. The van der Waals surface area contributed by atoms with Crippen molar-refractivity contribution in [3.63, 3.8) is 0 Å². The summed E-state index contributed by atoms with van der Waals surface area (Å²) < 4.78 is 11.0. The number of allylic oxidation sites excluding steroid dienone is 1. The van der Waals surface area contributed by atoms with E-state index in [1.165, 1.54) is 6.07 Å². The third kappa shape index (κ3) is 4.10. The number of hydrogen-bond donors (Lipinski definition) is 0. The summed E-state index contributed by atoms with van der Waals surface area (Å²) in [5.74, 6) is 1.24. The molecule has 0 unspecified atom stereocenters. The number of benzene rings is 3. The molecule has 0 aliphatic heterocycles. The SMILES string of the molecule is COc1ccc2oc(-c3ccc(N=CC=Cc4ccccc4[N+](=O)[O-])cc3)nc2c1. The number of methoxy groups -OCH3 is 1. The van der Waals surface area contributed by atoms with Crippen LogP contribution < -0.4 is 4.74 Å². The van der Waals surface area contributed by atoms with E-state index in [9.17, 15) is 10.1 Å². The Hall–Kier alpha value is -4.26. The Morgan fingerprint density at radius 3 is 2.67 bits per heavy atom. The van der Waals surface area contributed by atoms with Crippen LogP contribution in [0, 0.1) is 10.1 Å². The van der Waals surface area contributed by atoms with Crippen LogP contribution in [0.4, 0.5) is 11.4 Å². The summed E-state index contributed by atoms with van der Waals surface area (Å²) in [4.78, 5) is 19.5. The van der Waals surface area contributed by atoms with Gasteiger partial charge >= 0.3 is 0 Å². The van der Waals surface area contributed by atoms with Crippen LogP contribution in [0.25, 0.3) is 28.6 Å². The molecular formula is C23H17N3O4. The van der Waals surface area contributed by atoms with E-state index in [1.54, 1.807) is 43.7 Å². The van der Waals surface area contributed by atoms with Crippen LogP contribution in [0.5, 0.6) is 5.75 Å². The molecular weight excluding hydrogens is 382 g/mol. The van der Waals surface area contributed by atoms with Gasteiger partial charge in [-0.15, -0.1) is 0 Å². The average molecular weight is 399 g/mol. The lowest BCUT2D eigenvalue weighted by molar-refractivity contribution is -0.385. The molecule has 30 heavy (non-hydrogen) atoms. The Morgan fingerprint density at radius 2 is 1.90 bits per heavy atom. The van der Waals surface area contributed by atoms with Gasteiger partial charge in [0.05, 0.1) is 23.3 Å². The maximum atomic E-state index is 11.0. The van der Waals surface area contributed by atoms with Gasteiger partial charge in [0.25, 0.3) is 5.69 Å². The third-order valence-electron chi connectivity index (χ3n) is 4.43. The van der Waals surface area contributed by atoms with E-state index in [0.29, 0.717) is 17.0 Å². The maximum Gasteiger partial charge on any atom is 0.276 e. The van der Waals surface area contributed by atoms with Crippen LogP contribution in [0.15, 0.2) is 82.2 Å². The molecule has 1 aromatic heterocycles. The molecule has 0 aliphatic rings. The Balaban J connectivity index is 1.48. The number of hydrogen-bond acceptors (Lipinski definition) is 6. The predicted octanol–water partition coefficient (Wildman–Crippen LogP) is 5.83. The summed E-state index contributed by atoms with van der Waals surface area (Å²) in [5, 5.41) is 11.0. The molecule has 0 fully saturated rings. The monoisotopic (exact) mass is 399 g/mol. The fraction of sp³-hybridized carbons (Fsp3) is 0.0435. The van der Waals surface area contributed by atoms with Crippen molar-refractivity contribution >= 4 is 34.8 Å². The van der Waals surface area contributed by atoms with Crippen LogP contribution in [-0.4, -0.2) is 23.2 Å². The van der Waals surface area contributed by atoms with Crippen molar-refractivity contribution in [2.75, 3.05) is 7.11 Å². The Morgan fingerprint density at radius 1 is 1.10 bits per heavy atom. The van der Waals surface area contributed by atoms with Gasteiger partial charge in [-0.1, -0.05) is 12.1 Å². The van der Waals surface area contributed by atoms with Gasteiger partial charge in [-0.3, -0.25) is 15.1 Å². The average Bonchev–Trinajstić information content (AvgIpc) is 3.20. The van der Waals surface area contributed by atoms with Gasteiger partial charge in [-0.25, -0.2) is 4.98 Å². The van der Waals surface area contributed by atoms with Gasteiger partial charge < -0.3 is 9.15 Å². The first-order chi connectivity index (χ1) is 14.6. The molecule has 148 valence electrons. The fourth-order valence-corrected chi connectivity index (χ4v) is 2.92. The van der Waals surface area contributed by atoms with Crippen molar-refractivity contribution in [3.8, 4) is 17.2 Å². The summed E-state index contributed by atoms with van der Waals surface area (Å²) in [6.07, 6.45) is 4.92. The molecule has 0 spiro atoms. The van der Waals surface area contributed by atoms with Gasteiger partial charge in [0, 0.05) is 23.9 Å². The number of nitro benzene ring substituents is 1. The fourth-order valence-electron chi connectivity index (χ4n) is 2.92. The van der Waals surface area contributed by atoms with E-state index in [1.807, 2.05) is 42.5 Å². The van der Waals surface area contributed by atoms with Crippen LogP contribution in [0.2, 0.25) is 0 Å². The minimum absolute atomic E-state index is 0.0578. The van der Waals surface area contributed by atoms with Gasteiger partial charge in [-0.2, -0.15) is 0 Å². The van der Waals surface area contributed by atoms with Crippen molar-refractivity contribution in [1.29, 1.82) is 0 Å². The third-order valence-corrected chi connectivity index (χ3v) is 4.43. The van der Waals surface area contributed by atoms with E-state index in [4.69, 9.17) is 9.15 Å². The highest BCUT2D eigenvalue weighted by atomic mass is 16.6. The van der Waals surface area contributed by atoms with Gasteiger partial charge in [-0.05, 0) is 54.6 Å². The molecule has 0 aliphatic carbocycles. The number of ether oxygens (including phenoxy) is 1. The molecule has 3 aromatic carbocycles. The zero-order valence-corrected chi connectivity index (χ0v) is 16.1. The van der Waals surface area contributed by atoms with E-state index < -0.39 is 4.92 Å². The second-order valence-electron chi connectivity index (χ2n) is 6.35. The Bertz CT molecular complexity index is 1260. The highest BCUT2D eigenvalue weighted by Crippen LogP contribution is 2.28. The lowest BCUT2D eigenvalue weighted by Crippen LogP contribution is -1.90. The molecule has 0 atom stereocenters. The molecule has 4 aromatic rings. The first-order valence-electron chi connectivity index (χ1n) is 9.13. The first kappa shape index (κ1) is 19.1. The molecule has 0 radical (unpaired) electrons. The summed E-state index contributed by atoms with van der Waals surface area (Å²) >= 11 is 0. The molecule has 0 saturated heterocycles. The quantitative estimate of drug-likeness (QED) is 0.231. The summed E-state index contributed by atoms with van der Waals surface area (Å²) in [6, 6.07) is 19.5. The summed E-state index contributed by atoms with van der Waals surface area (Å²) in [7, 11) is 1.61. The molecule has 1 heterocycles. The summed E-state index contributed by atoms with van der Waals surface area (Å²) in [6.45, 7) is 0. The van der Waals surface area contributed by atoms with Crippen LogP contribution in [0.1, 0.15) is 5.56 Å². The van der Waals surface area contributed by atoms with E-state index >= 15 is 0 Å². The zero-order valence-electron chi connectivity index (χ0n) is 16.1. The normalized spacial score (nSPS) is 11.5. The maximum absolute atomic E-state index is 11.0. The van der Waals surface area contributed by atoms with Crippen LogP contribution in [-0.2, 0) is 0 Å². The number of para-hydroxylation sites is 1. The van der Waals surface area contributed by atoms with E-state index in [-0.39, 0.29) is 5.69 Å². The van der Waals surface area contributed by atoms with Crippen molar-refractivity contribution in [2.45, 2.75) is 0 Å². The zero-order chi connectivity index (χ0) is 20.9. The molecule has 0 N–H and O–H groups in total. The predicted molar refractivity (Wildman–Crippen MR) is 116 cm³/mol. The number of nitrogens with zero attached hydrogens (tertiary/aromatic N) is 3. The minimum atomic E-state index is -0.405. The van der Waals surface area contributed by atoms with Crippen LogP contribution in [0.3, 0.4) is 0 Å². The minimum Gasteiger partial charge on any atom is -0.497 e. The molecule has 0 amide bonds. The lowest BCUT2D eigenvalue weighted by Gasteiger charge is -1.97. The van der Waals surface area contributed by atoms with Crippen molar-refractivity contribution in [1.82, 2.24) is 4.98 Å². The molecule has 0 bridgehead atoms. The number of nitro groups is 1. The number of fused-ring (bicyclic) bond motifs is 1. The molecule has 4 rings (SSSR count). The highest BCUT2D eigenvalue weighted by Gasteiger charge is 2.10. The second kappa shape index (κ2) is 8.40. The molecule has 0 saturated carbocycles. The van der Waals surface area contributed by atoms with Gasteiger partial charge in [0.15, 0.2) is 5.58 Å². The lowest BCUT2D eigenvalue weighted by atomic mass is 10.1. The van der Waals surface area contributed by atoms with Crippen molar-refractivity contribution < 1.29 is 14.1 Å². The molecule has 7 nitrogen and oxygen atoms in total. The van der Waals surface area contributed by atoms with E-state index in [2.05, 4.69) is 9.98 Å². The highest BCUT2D eigenvalue weighted by molar-refractivity contribution is 5.82. The number of aromatic nitrogens is 1. The topological polar surface area (TPSA) is 90.8 Å². The summed E-state index contributed by atoms with van der Waals surface area (Å²) in [5.41, 5.74) is 3.57. The van der Waals surface area contributed by atoms with Crippen molar-refractivity contribution in [3.05, 3.63) is 88.5 Å². The van der Waals surface area contributed by atoms with Gasteiger partial charge in [0.1, 0.15) is 11.3 Å². The standard InChI is InChI=1S/C23H17N3O4/c1-29-19-12-13-22-20(15-19)25-23(30-22)17-8-10-18(11-9-17)24-14-4-6-16-5-2-3-7-21(16)26(27)28/h2-15H,1H3.